The lowest BCUT2D eigenvalue weighted by Crippen LogP contribution is -2.33. The Kier molecular flexibility index (Phi) is 6.16. The summed E-state index contributed by atoms with van der Waals surface area (Å²) in [4.78, 5) is 29.9. The van der Waals surface area contributed by atoms with Crippen LogP contribution in [0.3, 0.4) is 0 Å². The molecule has 0 fully saturated rings. The maximum absolute atomic E-state index is 12.9. The van der Waals surface area contributed by atoms with Gasteiger partial charge in [0.1, 0.15) is 0 Å². The van der Waals surface area contributed by atoms with Crippen LogP contribution in [0.15, 0.2) is 65.5 Å². The molecule has 0 unspecified atom stereocenters. The molecule has 0 aliphatic carbocycles. The van der Waals surface area contributed by atoms with E-state index in [1.54, 1.807) is 26.4 Å². The van der Waals surface area contributed by atoms with E-state index in [4.69, 9.17) is 9.47 Å². The van der Waals surface area contributed by atoms with Gasteiger partial charge in [-0.1, -0.05) is 18.2 Å². The molecule has 0 amide bonds. The van der Waals surface area contributed by atoms with E-state index in [-0.39, 0.29) is 13.2 Å². The predicted octanol–water partition coefficient (Wildman–Crippen LogP) is 3.23. The molecule has 152 valence electrons. The van der Waals surface area contributed by atoms with Gasteiger partial charge in [0, 0.05) is 23.8 Å². The number of carbonyl (C=O) groups is 2. The summed E-state index contributed by atoms with van der Waals surface area (Å²) in [6, 6.07) is 7.62. The Labute approximate surface area is 170 Å². The number of allylic oxidation sites excluding steroid dienone is 2. The first-order valence-electron chi connectivity index (χ1n) is 9.59. The standard InChI is InChI=1S/C22H25N3O4/c1-5-28-21(26)18-14(3)24-15(4)19(22(27)29-6-2)20(18)16-9-7-8-10-17(16)25-12-11-23-13-25/h7-13,20,24H,5-6H2,1-4H3. The fraction of sp³-hybridized carbons (Fsp3) is 0.318. The summed E-state index contributed by atoms with van der Waals surface area (Å²) < 4.78 is 12.5. The molecule has 1 aliphatic heterocycles. The molecule has 1 aromatic carbocycles. The number of nitrogens with zero attached hydrogens (tertiary/aromatic N) is 2. The van der Waals surface area contributed by atoms with Crippen LogP contribution < -0.4 is 5.32 Å². The second-order valence-corrected chi connectivity index (χ2v) is 6.61. The molecule has 1 aliphatic rings. The summed E-state index contributed by atoms with van der Waals surface area (Å²) >= 11 is 0. The Morgan fingerprint density at radius 2 is 1.62 bits per heavy atom. The molecule has 29 heavy (non-hydrogen) atoms. The lowest BCUT2D eigenvalue weighted by atomic mass is 9.79. The molecule has 3 rings (SSSR count). The number of ether oxygens (including phenoxy) is 2. The van der Waals surface area contributed by atoms with Crippen LogP contribution in [0.1, 0.15) is 39.2 Å². The van der Waals surface area contributed by atoms with Crippen LogP contribution >= 0.6 is 0 Å². The zero-order valence-electron chi connectivity index (χ0n) is 17.1. The van der Waals surface area contributed by atoms with E-state index in [0.717, 1.165) is 11.3 Å². The highest BCUT2D eigenvalue weighted by Gasteiger charge is 2.39. The van der Waals surface area contributed by atoms with Gasteiger partial charge in [0.05, 0.1) is 42.3 Å². The average molecular weight is 395 g/mol. The van der Waals surface area contributed by atoms with Gasteiger partial charge in [-0.25, -0.2) is 14.6 Å². The third kappa shape index (κ3) is 3.94. The fourth-order valence-corrected chi connectivity index (χ4v) is 3.63. The van der Waals surface area contributed by atoms with Gasteiger partial charge < -0.3 is 19.4 Å². The van der Waals surface area contributed by atoms with E-state index in [0.29, 0.717) is 22.5 Å². The first kappa shape index (κ1) is 20.4. The van der Waals surface area contributed by atoms with Crippen molar-refractivity contribution < 1.29 is 19.1 Å². The largest absolute Gasteiger partial charge is 0.463 e. The molecule has 2 heterocycles. The van der Waals surface area contributed by atoms with E-state index in [1.165, 1.54) is 0 Å². The second-order valence-electron chi connectivity index (χ2n) is 6.61. The molecule has 0 atom stereocenters. The Balaban J connectivity index is 2.25. The minimum atomic E-state index is -0.632. The molecule has 0 bridgehead atoms. The lowest BCUT2D eigenvalue weighted by Gasteiger charge is -2.31. The van der Waals surface area contributed by atoms with Crippen molar-refractivity contribution in [2.24, 2.45) is 0 Å². The molecule has 1 N–H and O–H groups in total. The third-order valence-electron chi connectivity index (χ3n) is 4.78. The zero-order chi connectivity index (χ0) is 21.0. The van der Waals surface area contributed by atoms with Gasteiger partial charge in [0.25, 0.3) is 0 Å². The first-order chi connectivity index (χ1) is 14.0. The number of hydrogen-bond acceptors (Lipinski definition) is 6. The number of nitrogens with one attached hydrogen (secondary N) is 1. The Bertz CT molecular complexity index is 934. The van der Waals surface area contributed by atoms with Crippen LogP contribution in [0.5, 0.6) is 0 Å². The molecule has 0 radical (unpaired) electrons. The third-order valence-corrected chi connectivity index (χ3v) is 4.78. The van der Waals surface area contributed by atoms with Crippen molar-refractivity contribution in [3.05, 3.63) is 71.1 Å². The molecular formula is C22H25N3O4. The van der Waals surface area contributed by atoms with Crippen molar-refractivity contribution in [2.75, 3.05) is 13.2 Å². The fourth-order valence-electron chi connectivity index (χ4n) is 3.63. The summed E-state index contributed by atoms with van der Waals surface area (Å²) in [6.07, 6.45) is 5.18. The first-order valence-corrected chi connectivity index (χ1v) is 9.59. The molecule has 7 nitrogen and oxygen atoms in total. The van der Waals surface area contributed by atoms with Crippen LogP contribution in [-0.4, -0.2) is 34.7 Å². The summed E-state index contributed by atoms with van der Waals surface area (Å²) in [6.45, 7) is 7.61. The van der Waals surface area contributed by atoms with Crippen molar-refractivity contribution >= 4 is 11.9 Å². The van der Waals surface area contributed by atoms with Crippen molar-refractivity contribution in [1.29, 1.82) is 0 Å². The highest BCUT2D eigenvalue weighted by molar-refractivity contribution is 6.00. The number of para-hydroxylation sites is 1. The van der Waals surface area contributed by atoms with Crippen LogP contribution in [0.25, 0.3) is 5.69 Å². The number of carbonyl (C=O) groups excluding carboxylic acids is 2. The van der Waals surface area contributed by atoms with Gasteiger partial charge >= 0.3 is 11.9 Å². The molecule has 0 spiro atoms. The number of aromatic nitrogens is 2. The molecule has 0 saturated heterocycles. The lowest BCUT2D eigenvalue weighted by molar-refractivity contribution is -0.139. The average Bonchev–Trinajstić information content (AvgIpc) is 3.22. The van der Waals surface area contributed by atoms with Crippen molar-refractivity contribution in [3.63, 3.8) is 0 Å². The minimum absolute atomic E-state index is 0.239. The van der Waals surface area contributed by atoms with Crippen molar-refractivity contribution in [1.82, 2.24) is 14.9 Å². The molecule has 7 heteroatoms. The quantitative estimate of drug-likeness (QED) is 0.756. The van der Waals surface area contributed by atoms with E-state index in [1.807, 2.05) is 48.9 Å². The Hall–Kier alpha value is -3.35. The van der Waals surface area contributed by atoms with Crippen molar-refractivity contribution in [2.45, 2.75) is 33.6 Å². The highest BCUT2D eigenvalue weighted by atomic mass is 16.5. The van der Waals surface area contributed by atoms with Crippen LogP contribution in [0.2, 0.25) is 0 Å². The van der Waals surface area contributed by atoms with E-state index in [2.05, 4.69) is 10.3 Å². The molecular weight excluding hydrogens is 370 g/mol. The van der Waals surface area contributed by atoms with Crippen LogP contribution in [-0.2, 0) is 19.1 Å². The number of dihydropyridines is 1. The van der Waals surface area contributed by atoms with Gasteiger partial charge in [-0.05, 0) is 39.3 Å². The number of hydrogen-bond donors (Lipinski definition) is 1. The van der Waals surface area contributed by atoms with Gasteiger partial charge in [-0.15, -0.1) is 0 Å². The Morgan fingerprint density at radius 3 is 2.14 bits per heavy atom. The number of rotatable bonds is 6. The van der Waals surface area contributed by atoms with Gasteiger partial charge in [0.15, 0.2) is 0 Å². The summed E-state index contributed by atoms with van der Waals surface area (Å²) in [5, 5.41) is 3.15. The normalized spacial score (nSPS) is 14.6. The van der Waals surface area contributed by atoms with Crippen LogP contribution in [0, 0.1) is 0 Å². The topological polar surface area (TPSA) is 82.5 Å². The van der Waals surface area contributed by atoms with Crippen molar-refractivity contribution in [3.8, 4) is 5.69 Å². The van der Waals surface area contributed by atoms with Gasteiger partial charge in [-0.3, -0.25) is 0 Å². The molecule has 0 saturated carbocycles. The highest BCUT2D eigenvalue weighted by Crippen LogP contribution is 2.41. The smallest absolute Gasteiger partial charge is 0.336 e. The minimum Gasteiger partial charge on any atom is -0.463 e. The van der Waals surface area contributed by atoms with E-state index in [9.17, 15) is 9.59 Å². The number of esters is 2. The Morgan fingerprint density at radius 1 is 1.03 bits per heavy atom. The number of benzene rings is 1. The van der Waals surface area contributed by atoms with Crippen LogP contribution in [0.4, 0.5) is 0 Å². The monoisotopic (exact) mass is 395 g/mol. The SMILES string of the molecule is CCOC(=O)C1=C(C)NC(C)=C(C(=O)OCC)C1c1ccccc1-n1ccnc1. The second kappa shape index (κ2) is 8.77. The molecule has 1 aromatic heterocycles. The van der Waals surface area contributed by atoms with E-state index < -0.39 is 17.9 Å². The molecule has 2 aromatic rings. The zero-order valence-corrected chi connectivity index (χ0v) is 17.1. The number of imidazole rings is 1. The summed E-state index contributed by atoms with van der Waals surface area (Å²) in [5.41, 5.74) is 3.71. The van der Waals surface area contributed by atoms with Gasteiger partial charge in [0.2, 0.25) is 0 Å². The maximum atomic E-state index is 12.9. The summed E-state index contributed by atoms with van der Waals surface area (Å²) in [5.74, 6) is -1.55. The van der Waals surface area contributed by atoms with Gasteiger partial charge in [-0.2, -0.15) is 0 Å². The summed E-state index contributed by atoms with van der Waals surface area (Å²) in [7, 11) is 0. The maximum Gasteiger partial charge on any atom is 0.336 e. The predicted molar refractivity (Wildman–Crippen MR) is 108 cm³/mol. The van der Waals surface area contributed by atoms with E-state index >= 15 is 0 Å².